The van der Waals surface area contributed by atoms with Crippen LogP contribution in [0.15, 0.2) is 12.1 Å². The van der Waals surface area contributed by atoms with E-state index in [0.29, 0.717) is 12.4 Å². The molecular weight excluding hydrogens is 240 g/mol. The Morgan fingerprint density at radius 3 is 2.72 bits per heavy atom. The number of carbonyl (C=O) groups is 2. The van der Waals surface area contributed by atoms with Crippen LogP contribution in [0.5, 0.6) is 0 Å². The van der Waals surface area contributed by atoms with E-state index >= 15 is 0 Å². The summed E-state index contributed by atoms with van der Waals surface area (Å²) in [6.07, 6.45) is 0. The van der Waals surface area contributed by atoms with Crippen molar-refractivity contribution in [2.75, 3.05) is 32.1 Å². The van der Waals surface area contributed by atoms with Gasteiger partial charge in [0.25, 0.3) is 5.91 Å². The first-order valence-corrected chi connectivity index (χ1v) is 5.22. The van der Waals surface area contributed by atoms with Gasteiger partial charge in [0.2, 0.25) is 0 Å². The molecule has 1 heterocycles. The molecule has 1 aromatic rings. The van der Waals surface area contributed by atoms with Gasteiger partial charge in [-0.1, -0.05) is 0 Å². The second kappa shape index (κ2) is 7.17. The SMILES string of the molecule is CNC(=O)c1ccc(NCCOCC(=O)O)nn1. The average Bonchev–Trinajstić information content (AvgIpc) is 2.38. The summed E-state index contributed by atoms with van der Waals surface area (Å²) in [5, 5.41) is 21.1. The van der Waals surface area contributed by atoms with Crippen LogP contribution in [0.3, 0.4) is 0 Å². The molecule has 0 radical (unpaired) electrons. The van der Waals surface area contributed by atoms with E-state index in [1.54, 1.807) is 6.07 Å². The third-order valence-corrected chi connectivity index (χ3v) is 1.90. The number of nitrogens with one attached hydrogen (secondary N) is 2. The topological polar surface area (TPSA) is 113 Å². The predicted octanol–water partition coefficient (Wildman–Crippen LogP) is -0.651. The van der Waals surface area contributed by atoms with E-state index in [9.17, 15) is 9.59 Å². The van der Waals surface area contributed by atoms with E-state index in [2.05, 4.69) is 20.8 Å². The lowest BCUT2D eigenvalue weighted by Gasteiger charge is -2.05. The van der Waals surface area contributed by atoms with Gasteiger partial charge in [0, 0.05) is 13.6 Å². The number of rotatable bonds is 7. The first-order valence-electron chi connectivity index (χ1n) is 5.22. The van der Waals surface area contributed by atoms with E-state index < -0.39 is 5.97 Å². The monoisotopic (exact) mass is 254 g/mol. The molecular formula is C10H14N4O4. The lowest BCUT2D eigenvalue weighted by atomic mass is 10.3. The minimum Gasteiger partial charge on any atom is -0.480 e. The Morgan fingerprint density at radius 2 is 2.17 bits per heavy atom. The van der Waals surface area contributed by atoms with Crippen molar-refractivity contribution in [3.8, 4) is 0 Å². The van der Waals surface area contributed by atoms with Gasteiger partial charge in [-0.15, -0.1) is 10.2 Å². The number of carboxylic acid groups (broad SMARTS) is 1. The number of carboxylic acids is 1. The zero-order chi connectivity index (χ0) is 13.4. The molecule has 0 aromatic carbocycles. The lowest BCUT2D eigenvalue weighted by molar-refractivity contribution is -0.142. The van der Waals surface area contributed by atoms with E-state index in [1.165, 1.54) is 13.1 Å². The largest absolute Gasteiger partial charge is 0.480 e. The van der Waals surface area contributed by atoms with Gasteiger partial charge in [-0.25, -0.2) is 4.79 Å². The third kappa shape index (κ3) is 4.74. The second-order valence-electron chi connectivity index (χ2n) is 3.26. The number of aliphatic carboxylic acids is 1. The summed E-state index contributed by atoms with van der Waals surface area (Å²) in [5.74, 6) is -0.829. The molecule has 8 nitrogen and oxygen atoms in total. The van der Waals surface area contributed by atoms with Crippen LogP contribution in [-0.2, 0) is 9.53 Å². The van der Waals surface area contributed by atoms with Crippen molar-refractivity contribution in [3.63, 3.8) is 0 Å². The maximum atomic E-state index is 11.2. The van der Waals surface area contributed by atoms with Crippen molar-refractivity contribution >= 4 is 17.7 Å². The fourth-order valence-corrected chi connectivity index (χ4v) is 1.09. The summed E-state index contributed by atoms with van der Waals surface area (Å²) >= 11 is 0. The molecule has 0 aliphatic carbocycles. The quantitative estimate of drug-likeness (QED) is 0.554. The third-order valence-electron chi connectivity index (χ3n) is 1.90. The van der Waals surface area contributed by atoms with Gasteiger partial charge < -0.3 is 20.5 Å². The Hall–Kier alpha value is -2.22. The maximum Gasteiger partial charge on any atom is 0.329 e. The minimum absolute atomic E-state index is 0.227. The maximum absolute atomic E-state index is 11.2. The average molecular weight is 254 g/mol. The number of ether oxygens (including phenoxy) is 1. The number of aromatic nitrogens is 2. The summed E-state index contributed by atoms with van der Waals surface area (Å²) < 4.78 is 4.82. The molecule has 0 saturated heterocycles. The molecule has 1 amide bonds. The summed E-state index contributed by atoms with van der Waals surface area (Å²) in [5.41, 5.74) is 0.227. The van der Waals surface area contributed by atoms with E-state index in [0.717, 1.165) is 0 Å². The van der Waals surface area contributed by atoms with Gasteiger partial charge in [0.1, 0.15) is 12.4 Å². The first-order chi connectivity index (χ1) is 8.63. The van der Waals surface area contributed by atoms with Crippen LogP contribution in [0.2, 0.25) is 0 Å². The van der Waals surface area contributed by atoms with Gasteiger partial charge in [-0.05, 0) is 12.1 Å². The zero-order valence-corrected chi connectivity index (χ0v) is 9.84. The van der Waals surface area contributed by atoms with E-state index in [4.69, 9.17) is 9.84 Å². The number of amides is 1. The Kier molecular flexibility index (Phi) is 5.52. The Labute approximate surface area is 103 Å². The highest BCUT2D eigenvalue weighted by molar-refractivity contribution is 5.91. The van der Waals surface area contributed by atoms with Crippen LogP contribution in [0.4, 0.5) is 5.82 Å². The minimum atomic E-state index is -1.01. The van der Waals surface area contributed by atoms with Crippen LogP contribution in [0, 0.1) is 0 Å². The van der Waals surface area contributed by atoms with Crippen molar-refractivity contribution in [2.45, 2.75) is 0 Å². The van der Waals surface area contributed by atoms with Gasteiger partial charge in [0.05, 0.1) is 6.61 Å². The summed E-state index contributed by atoms with van der Waals surface area (Å²) in [6.45, 7) is 0.315. The molecule has 1 rings (SSSR count). The summed E-state index contributed by atoms with van der Waals surface area (Å²) in [4.78, 5) is 21.3. The highest BCUT2D eigenvalue weighted by Gasteiger charge is 2.05. The molecule has 0 fully saturated rings. The fourth-order valence-electron chi connectivity index (χ4n) is 1.09. The van der Waals surface area contributed by atoms with Gasteiger partial charge >= 0.3 is 5.97 Å². The second-order valence-corrected chi connectivity index (χ2v) is 3.26. The molecule has 18 heavy (non-hydrogen) atoms. The number of hydrogen-bond donors (Lipinski definition) is 3. The molecule has 0 atom stereocenters. The molecule has 0 unspecified atom stereocenters. The van der Waals surface area contributed by atoms with Gasteiger partial charge in [-0.2, -0.15) is 0 Å². The zero-order valence-electron chi connectivity index (χ0n) is 9.84. The number of nitrogens with zero attached hydrogens (tertiary/aromatic N) is 2. The van der Waals surface area contributed by atoms with Crippen molar-refractivity contribution in [3.05, 3.63) is 17.8 Å². The Balaban J connectivity index is 2.31. The van der Waals surface area contributed by atoms with Crippen molar-refractivity contribution in [2.24, 2.45) is 0 Å². The molecule has 0 bridgehead atoms. The van der Waals surface area contributed by atoms with Gasteiger partial charge in [0.15, 0.2) is 5.69 Å². The number of carbonyl (C=O) groups excluding carboxylic acids is 1. The van der Waals surface area contributed by atoms with Crippen LogP contribution >= 0.6 is 0 Å². The van der Waals surface area contributed by atoms with E-state index in [-0.39, 0.29) is 24.8 Å². The Morgan fingerprint density at radius 1 is 1.39 bits per heavy atom. The molecule has 0 aliphatic heterocycles. The fraction of sp³-hybridized carbons (Fsp3) is 0.400. The standard InChI is InChI=1S/C10H14N4O4/c1-11-10(17)7-2-3-8(14-13-7)12-4-5-18-6-9(15)16/h2-3H,4-6H2,1H3,(H,11,17)(H,12,14)(H,15,16). The molecule has 1 aromatic heterocycles. The molecule has 0 spiro atoms. The number of anilines is 1. The van der Waals surface area contributed by atoms with Crippen LogP contribution in [0.1, 0.15) is 10.5 Å². The normalized spacial score (nSPS) is 9.83. The number of hydrogen-bond acceptors (Lipinski definition) is 6. The first kappa shape index (κ1) is 13.8. The van der Waals surface area contributed by atoms with Crippen molar-refractivity contribution < 1.29 is 19.4 Å². The molecule has 0 saturated carbocycles. The van der Waals surface area contributed by atoms with E-state index in [1.807, 2.05) is 0 Å². The molecule has 8 heteroatoms. The molecule has 98 valence electrons. The van der Waals surface area contributed by atoms with Gasteiger partial charge in [-0.3, -0.25) is 4.79 Å². The summed E-state index contributed by atoms with van der Waals surface area (Å²) in [6, 6.07) is 3.14. The molecule has 0 aliphatic rings. The van der Waals surface area contributed by atoms with Crippen LogP contribution in [-0.4, -0.2) is 54.0 Å². The highest BCUT2D eigenvalue weighted by Crippen LogP contribution is 2.01. The van der Waals surface area contributed by atoms with Crippen molar-refractivity contribution in [1.29, 1.82) is 0 Å². The smallest absolute Gasteiger partial charge is 0.329 e. The van der Waals surface area contributed by atoms with Crippen LogP contribution in [0.25, 0.3) is 0 Å². The Bertz CT molecular complexity index is 407. The highest BCUT2D eigenvalue weighted by atomic mass is 16.5. The van der Waals surface area contributed by atoms with Crippen LogP contribution < -0.4 is 10.6 Å². The predicted molar refractivity (Wildman–Crippen MR) is 62.4 cm³/mol. The molecule has 3 N–H and O–H groups in total. The lowest BCUT2D eigenvalue weighted by Crippen LogP contribution is -2.20. The van der Waals surface area contributed by atoms with Crippen molar-refractivity contribution in [1.82, 2.24) is 15.5 Å². The summed E-state index contributed by atoms with van der Waals surface area (Å²) in [7, 11) is 1.51.